The molecule has 1 aliphatic heterocycles. The molecule has 0 radical (unpaired) electrons. The van der Waals surface area contributed by atoms with Crippen molar-refractivity contribution in [2.45, 2.75) is 25.0 Å². The Hall–Kier alpha value is -1.95. The SMILES string of the molecule is COC1CCC(c2ccncc2)n2nc(N)nc21. The molecule has 0 aliphatic carbocycles. The summed E-state index contributed by atoms with van der Waals surface area (Å²) in [5.74, 6) is 1.11. The second kappa shape index (κ2) is 4.38. The highest BCUT2D eigenvalue weighted by molar-refractivity contribution is 5.23. The third-order valence-corrected chi connectivity index (χ3v) is 3.33. The maximum atomic E-state index is 5.70. The van der Waals surface area contributed by atoms with Gasteiger partial charge >= 0.3 is 0 Å². The van der Waals surface area contributed by atoms with Gasteiger partial charge in [-0.1, -0.05) is 0 Å². The predicted molar refractivity (Wildman–Crippen MR) is 65.8 cm³/mol. The average Bonchev–Trinajstić information content (AvgIpc) is 2.80. The van der Waals surface area contributed by atoms with Crippen LogP contribution in [-0.4, -0.2) is 26.9 Å². The molecule has 0 aromatic carbocycles. The van der Waals surface area contributed by atoms with Gasteiger partial charge in [0.25, 0.3) is 0 Å². The largest absolute Gasteiger partial charge is 0.373 e. The summed E-state index contributed by atoms with van der Waals surface area (Å²) < 4.78 is 7.30. The number of methoxy groups -OCH3 is 1. The lowest BCUT2D eigenvalue weighted by molar-refractivity contribution is 0.0649. The summed E-state index contributed by atoms with van der Waals surface area (Å²) in [6.45, 7) is 0. The molecule has 2 atom stereocenters. The van der Waals surface area contributed by atoms with Gasteiger partial charge in [-0.05, 0) is 30.5 Å². The maximum absolute atomic E-state index is 5.70. The minimum Gasteiger partial charge on any atom is -0.373 e. The first-order valence-electron chi connectivity index (χ1n) is 5.94. The van der Waals surface area contributed by atoms with Crippen LogP contribution in [0.5, 0.6) is 0 Å². The molecule has 6 heteroatoms. The van der Waals surface area contributed by atoms with Crippen LogP contribution < -0.4 is 5.73 Å². The van der Waals surface area contributed by atoms with E-state index in [2.05, 4.69) is 15.1 Å². The third kappa shape index (κ3) is 1.74. The molecule has 2 unspecified atom stereocenters. The van der Waals surface area contributed by atoms with E-state index < -0.39 is 0 Å². The second-order valence-corrected chi connectivity index (χ2v) is 4.37. The molecule has 2 aromatic heterocycles. The van der Waals surface area contributed by atoms with Crippen LogP contribution in [0, 0.1) is 0 Å². The number of aromatic nitrogens is 4. The fourth-order valence-electron chi connectivity index (χ4n) is 2.48. The van der Waals surface area contributed by atoms with Gasteiger partial charge in [-0.25, -0.2) is 4.68 Å². The van der Waals surface area contributed by atoms with Gasteiger partial charge in [0.15, 0.2) is 5.82 Å². The molecule has 0 bridgehead atoms. The molecule has 0 amide bonds. The Morgan fingerprint density at radius 1 is 1.33 bits per heavy atom. The third-order valence-electron chi connectivity index (χ3n) is 3.33. The van der Waals surface area contributed by atoms with E-state index in [9.17, 15) is 0 Å². The smallest absolute Gasteiger partial charge is 0.239 e. The summed E-state index contributed by atoms with van der Waals surface area (Å²) in [6.07, 6.45) is 5.43. The molecule has 2 N–H and O–H groups in total. The van der Waals surface area contributed by atoms with Crippen molar-refractivity contribution < 1.29 is 4.74 Å². The molecular formula is C12H15N5O. The first-order valence-corrected chi connectivity index (χ1v) is 5.94. The van der Waals surface area contributed by atoms with E-state index in [0.717, 1.165) is 18.7 Å². The number of fused-ring (bicyclic) bond motifs is 1. The van der Waals surface area contributed by atoms with E-state index in [0.29, 0.717) is 5.95 Å². The zero-order valence-corrected chi connectivity index (χ0v) is 10.2. The molecule has 0 fully saturated rings. The van der Waals surface area contributed by atoms with Crippen molar-refractivity contribution in [3.8, 4) is 0 Å². The number of nitrogens with zero attached hydrogens (tertiary/aromatic N) is 4. The summed E-state index contributed by atoms with van der Waals surface area (Å²) in [4.78, 5) is 8.31. The molecular weight excluding hydrogens is 230 g/mol. The van der Waals surface area contributed by atoms with Crippen LogP contribution in [0.4, 0.5) is 5.95 Å². The average molecular weight is 245 g/mol. The molecule has 2 aromatic rings. The standard InChI is InChI=1S/C12H15N5O/c1-18-10-3-2-9(8-4-6-14-7-5-8)17-11(10)15-12(13)16-17/h4-7,9-10H,2-3H2,1H3,(H2,13,16). The Morgan fingerprint density at radius 3 is 2.83 bits per heavy atom. The Kier molecular flexibility index (Phi) is 2.71. The number of nitrogens with two attached hydrogens (primary N) is 1. The summed E-state index contributed by atoms with van der Waals surface area (Å²) in [7, 11) is 1.69. The van der Waals surface area contributed by atoms with Crippen molar-refractivity contribution in [1.82, 2.24) is 19.7 Å². The van der Waals surface area contributed by atoms with Crippen LogP contribution >= 0.6 is 0 Å². The fourth-order valence-corrected chi connectivity index (χ4v) is 2.48. The Morgan fingerprint density at radius 2 is 2.11 bits per heavy atom. The monoisotopic (exact) mass is 245 g/mol. The molecule has 6 nitrogen and oxygen atoms in total. The lowest BCUT2D eigenvalue weighted by atomic mass is 9.97. The topological polar surface area (TPSA) is 78.8 Å². The highest BCUT2D eigenvalue weighted by atomic mass is 16.5. The van der Waals surface area contributed by atoms with Crippen LogP contribution in [-0.2, 0) is 4.74 Å². The first kappa shape index (κ1) is 11.2. The molecule has 0 saturated heterocycles. The summed E-state index contributed by atoms with van der Waals surface area (Å²) in [6, 6.07) is 4.16. The summed E-state index contributed by atoms with van der Waals surface area (Å²) in [5, 5.41) is 4.29. The quantitative estimate of drug-likeness (QED) is 0.863. The zero-order valence-electron chi connectivity index (χ0n) is 10.2. The van der Waals surface area contributed by atoms with E-state index in [1.807, 2.05) is 16.8 Å². The highest BCUT2D eigenvalue weighted by Gasteiger charge is 2.30. The van der Waals surface area contributed by atoms with Crippen LogP contribution in [0.1, 0.15) is 36.4 Å². The first-order chi connectivity index (χ1) is 8.79. The Labute approximate surface area is 105 Å². The van der Waals surface area contributed by atoms with Gasteiger partial charge in [-0.2, -0.15) is 4.98 Å². The van der Waals surface area contributed by atoms with Gasteiger partial charge in [0.05, 0.1) is 6.04 Å². The number of nitrogen functional groups attached to an aromatic ring is 1. The summed E-state index contributed by atoms with van der Waals surface area (Å²) in [5.41, 5.74) is 6.88. The number of hydrogen-bond donors (Lipinski definition) is 1. The van der Waals surface area contributed by atoms with Crippen molar-refractivity contribution in [2.75, 3.05) is 12.8 Å². The van der Waals surface area contributed by atoms with Crippen LogP contribution in [0.25, 0.3) is 0 Å². The van der Waals surface area contributed by atoms with E-state index in [1.54, 1.807) is 19.5 Å². The van der Waals surface area contributed by atoms with E-state index in [4.69, 9.17) is 10.5 Å². The molecule has 0 spiro atoms. The number of pyridine rings is 1. The van der Waals surface area contributed by atoms with Crippen molar-refractivity contribution in [3.05, 3.63) is 35.9 Å². The Balaban J connectivity index is 2.04. The van der Waals surface area contributed by atoms with Gasteiger partial charge in [0.1, 0.15) is 6.10 Å². The number of ether oxygens (including phenoxy) is 1. The number of rotatable bonds is 2. The van der Waals surface area contributed by atoms with Crippen LogP contribution in [0.3, 0.4) is 0 Å². The highest BCUT2D eigenvalue weighted by Crippen LogP contribution is 2.36. The lowest BCUT2D eigenvalue weighted by Crippen LogP contribution is -2.24. The number of anilines is 1. The maximum Gasteiger partial charge on any atom is 0.239 e. The molecule has 3 rings (SSSR count). The van der Waals surface area contributed by atoms with Crippen LogP contribution in [0.15, 0.2) is 24.5 Å². The Bertz CT molecular complexity index is 539. The van der Waals surface area contributed by atoms with Crippen molar-refractivity contribution in [1.29, 1.82) is 0 Å². The molecule has 3 heterocycles. The summed E-state index contributed by atoms with van der Waals surface area (Å²) >= 11 is 0. The van der Waals surface area contributed by atoms with Gasteiger partial charge in [0.2, 0.25) is 5.95 Å². The van der Waals surface area contributed by atoms with Crippen molar-refractivity contribution in [3.63, 3.8) is 0 Å². The second-order valence-electron chi connectivity index (χ2n) is 4.37. The zero-order chi connectivity index (χ0) is 12.5. The molecule has 94 valence electrons. The molecule has 18 heavy (non-hydrogen) atoms. The van der Waals surface area contributed by atoms with E-state index in [1.165, 1.54) is 5.56 Å². The normalized spacial score (nSPS) is 22.7. The molecule has 0 saturated carbocycles. The van der Waals surface area contributed by atoms with Crippen LogP contribution in [0.2, 0.25) is 0 Å². The van der Waals surface area contributed by atoms with Crippen molar-refractivity contribution in [2.24, 2.45) is 0 Å². The van der Waals surface area contributed by atoms with Gasteiger partial charge in [0, 0.05) is 19.5 Å². The molecule has 1 aliphatic rings. The van der Waals surface area contributed by atoms with E-state index >= 15 is 0 Å². The minimum atomic E-state index is -0.0205. The number of hydrogen-bond acceptors (Lipinski definition) is 5. The predicted octanol–water partition coefficient (Wildman–Crippen LogP) is 1.33. The lowest BCUT2D eigenvalue weighted by Gasteiger charge is -2.28. The van der Waals surface area contributed by atoms with Gasteiger partial charge in [-0.3, -0.25) is 4.98 Å². The van der Waals surface area contributed by atoms with Gasteiger partial charge in [-0.15, -0.1) is 5.10 Å². The van der Waals surface area contributed by atoms with E-state index in [-0.39, 0.29) is 12.1 Å². The minimum absolute atomic E-state index is 0.0205. The fraction of sp³-hybridized carbons (Fsp3) is 0.417. The van der Waals surface area contributed by atoms with Crippen molar-refractivity contribution >= 4 is 5.95 Å². The van der Waals surface area contributed by atoms with Gasteiger partial charge < -0.3 is 10.5 Å².